The Morgan fingerprint density at radius 1 is 1.40 bits per heavy atom. The zero-order valence-corrected chi connectivity index (χ0v) is 11.5. The number of rotatable bonds is 2. The molecule has 0 aliphatic heterocycles. The lowest BCUT2D eigenvalue weighted by atomic mass is 10.2. The van der Waals surface area contributed by atoms with Gasteiger partial charge in [0.2, 0.25) is 0 Å². The number of benzene rings is 1. The minimum atomic E-state index is -0.141. The molecular weight excluding hydrogens is 278 g/mol. The topological polar surface area (TPSA) is 78.7 Å². The predicted molar refractivity (Wildman–Crippen MR) is 77.7 cm³/mol. The van der Waals surface area contributed by atoms with Gasteiger partial charge in [-0.2, -0.15) is 5.10 Å². The first-order chi connectivity index (χ1) is 9.56. The number of nitrogen functional groups attached to an aromatic ring is 1. The Morgan fingerprint density at radius 2 is 2.20 bits per heavy atom. The van der Waals surface area contributed by atoms with Gasteiger partial charge < -0.3 is 5.73 Å². The van der Waals surface area contributed by atoms with Crippen molar-refractivity contribution in [2.45, 2.75) is 6.54 Å². The molecule has 6 nitrogen and oxygen atoms in total. The molecule has 0 amide bonds. The van der Waals surface area contributed by atoms with Crippen molar-refractivity contribution in [3.05, 3.63) is 51.7 Å². The van der Waals surface area contributed by atoms with Gasteiger partial charge in [0.15, 0.2) is 5.65 Å². The second-order valence-corrected chi connectivity index (χ2v) is 4.96. The molecule has 0 aliphatic carbocycles. The van der Waals surface area contributed by atoms with Gasteiger partial charge in [0, 0.05) is 17.8 Å². The molecule has 0 saturated carbocycles. The fraction of sp³-hybridized carbons (Fsp3) is 0.154. The average molecular weight is 290 g/mol. The molecule has 3 rings (SSSR count). The number of nitrogens with zero attached hydrogens (tertiary/aromatic N) is 4. The van der Waals surface area contributed by atoms with Crippen molar-refractivity contribution >= 4 is 28.3 Å². The van der Waals surface area contributed by atoms with Gasteiger partial charge in [-0.05, 0) is 17.7 Å². The zero-order valence-electron chi connectivity index (χ0n) is 10.7. The van der Waals surface area contributed by atoms with Crippen LogP contribution in [0.25, 0.3) is 11.0 Å². The molecule has 102 valence electrons. The molecule has 0 atom stereocenters. The fourth-order valence-electron chi connectivity index (χ4n) is 2.07. The maximum atomic E-state index is 12.3. The van der Waals surface area contributed by atoms with Gasteiger partial charge in [-0.3, -0.25) is 14.0 Å². The smallest absolute Gasteiger partial charge is 0.264 e. The summed E-state index contributed by atoms with van der Waals surface area (Å²) in [5.41, 5.74) is 7.70. The number of aromatic nitrogens is 4. The highest BCUT2D eigenvalue weighted by Crippen LogP contribution is 2.18. The molecule has 0 aliphatic rings. The first-order valence-corrected chi connectivity index (χ1v) is 6.35. The summed E-state index contributed by atoms with van der Waals surface area (Å²) in [5, 5.41) is 5.09. The lowest BCUT2D eigenvalue weighted by Gasteiger charge is -2.08. The van der Waals surface area contributed by atoms with Crippen LogP contribution < -0.4 is 11.3 Å². The van der Waals surface area contributed by atoms with Crippen LogP contribution in [0.2, 0.25) is 5.02 Å². The van der Waals surface area contributed by atoms with Crippen LogP contribution in [0.15, 0.2) is 35.5 Å². The van der Waals surface area contributed by atoms with E-state index in [0.29, 0.717) is 28.3 Å². The Hall–Kier alpha value is -2.34. The van der Waals surface area contributed by atoms with E-state index in [1.54, 1.807) is 29.9 Å². The summed E-state index contributed by atoms with van der Waals surface area (Å²) >= 11 is 5.86. The number of anilines is 1. The molecular formula is C13H12ClN5O. The van der Waals surface area contributed by atoms with E-state index in [2.05, 4.69) is 10.1 Å². The fourth-order valence-corrected chi connectivity index (χ4v) is 2.25. The van der Waals surface area contributed by atoms with Crippen molar-refractivity contribution < 1.29 is 0 Å². The SMILES string of the molecule is Cn1ncc2c(=O)n(Cc3ccc(Cl)cc3N)cnc21. The normalized spacial score (nSPS) is 11.1. The van der Waals surface area contributed by atoms with E-state index in [1.165, 1.54) is 17.1 Å². The van der Waals surface area contributed by atoms with Gasteiger partial charge in [-0.25, -0.2) is 4.98 Å². The largest absolute Gasteiger partial charge is 0.398 e. The molecule has 0 unspecified atom stereocenters. The Bertz CT molecular complexity index is 852. The van der Waals surface area contributed by atoms with E-state index < -0.39 is 0 Å². The van der Waals surface area contributed by atoms with Crippen molar-refractivity contribution in [2.24, 2.45) is 7.05 Å². The summed E-state index contributed by atoms with van der Waals surface area (Å²) in [7, 11) is 1.75. The zero-order chi connectivity index (χ0) is 14.3. The summed E-state index contributed by atoms with van der Waals surface area (Å²) in [4.78, 5) is 16.6. The van der Waals surface area contributed by atoms with Crippen LogP contribution in [-0.2, 0) is 13.6 Å². The van der Waals surface area contributed by atoms with Crippen molar-refractivity contribution in [1.29, 1.82) is 0 Å². The molecule has 2 aromatic heterocycles. The van der Waals surface area contributed by atoms with E-state index in [4.69, 9.17) is 17.3 Å². The summed E-state index contributed by atoms with van der Waals surface area (Å²) in [6.45, 7) is 0.347. The van der Waals surface area contributed by atoms with Crippen molar-refractivity contribution in [2.75, 3.05) is 5.73 Å². The number of halogens is 1. The first kappa shape index (κ1) is 12.7. The highest BCUT2D eigenvalue weighted by atomic mass is 35.5. The summed E-state index contributed by atoms with van der Waals surface area (Å²) in [6, 6.07) is 5.21. The molecule has 0 radical (unpaired) electrons. The van der Waals surface area contributed by atoms with Gasteiger partial charge >= 0.3 is 0 Å². The third-order valence-corrected chi connectivity index (χ3v) is 3.40. The summed E-state index contributed by atoms with van der Waals surface area (Å²) in [5.74, 6) is 0. The van der Waals surface area contributed by atoms with E-state index in [0.717, 1.165) is 5.56 Å². The van der Waals surface area contributed by atoms with Crippen molar-refractivity contribution in [3.63, 3.8) is 0 Å². The second kappa shape index (κ2) is 4.64. The van der Waals surface area contributed by atoms with Crippen LogP contribution in [0.3, 0.4) is 0 Å². The van der Waals surface area contributed by atoms with Gasteiger partial charge in [0.1, 0.15) is 11.7 Å². The van der Waals surface area contributed by atoms with Crippen LogP contribution in [0.5, 0.6) is 0 Å². The predicted octanol–water partition coefficient (Wildman–Crippen LogP) is 1.41. The third-order valence-electron chi connectivity index (χ3n) is 3.17. The summed E-state index contributed by atoms with van der Waals surface area (Å²) < 4.78 is 3.07. The number of nitrogens with two attached hydrogens (primary N) is 1. The molecule has 20 heavy (non-hydrogen) atoms. The molecule has 2 heterocycles. The maximum Gasteiger partial charge on any atom is 0.264 e. The van der Waals surface area contributed by atoms with Gasteiger partial charge in [0.25, 0.3) is 5.56 Å². The van der Waals surface area contributed by atoms with Crippen LogP contribution >= 0.6 is 11.6 Å². The summed E-state index contributed by atoms with van der Waals surface area (Å²) in [6.07, 6.45) is 3.02. The van der Waals surface area contributed by atoms with E-state index in [1.807, 2.05) is 0 Å². The minimum absolute atomic E-state index is 0.141. The standard InChI is InChI=1S/C13H12ClN5O/c1-18-12-10(5-17-18)13(20)19(7-16-12)6-8-2-3-9(14)4-11(8)15/h2-5,7H,6,15H2,1H3. The molecule has 0 saturated heterocycles. The highest BCUT2D eigenvalue weighted by molar-refractivity contribution is 6.30. The lowest BCUT2D eigenvalue weighted by Crippen LogP contribution is -2.21. The van der Waals surface area contributed by atoms with Gasteiger partial charge in [-0.15, -0.1) is 0 Å². The maximum absolute atomic E-state index is 12.3. The Labute approximate surface area is 119 Å². The Balaban J connectivity index is 2.07. The molecule has 0 fully saturated rings. The van der Waals surface area contributed by atoms with E-state index >= 15 is 0 Å². The monoisotopic (exact) mass is 289 g/mol. The van der Waals surface area contributed by atoms with E-state index in [-0.39, 0.29) is 5.56 Å². The third kappa shape index (κ3) is 2.04. The van der Waals surface area contributed by atoms with Crippen LogP contribution in [-0.4, -0.2) is 19.3 Å². The number of fused-ring (bicyclic) bond motifs is 1. The lowest BCUT2D eigenvalue weighted by molar-refractivity contribution is 0.738. The Morgan fingerprint density at radius 3 is 2.95 bits per heavy atom. The first-order valence-electron chi connectivity index (χ1n) is 5.97. The number of hydrogen-bond acceptors (Lipinski definition) is 4. The molecule has 0 bridgehead atoms. The van der Waals surface area contributed by atoms with Crippen LogP contribution in [0.1, 0.15) is 5.56 Å². The van der Waals surface area contributed by atoms with E-state index in [9.17, 15) is 4.79 Å². The Kier molecular flexibility index (Phi) is 2.94. The molecule has 7 heteroatoms. The van der Waals surface area contributed by atoms with Crippen molar-refractivity contribution in [3.8, 4) is 0 Å². The average Bonchev–Trinajstić information content (AvgIpc) is 2.78. The van der Waals surface area contributed by atoms with Gasteiger partial charge in [-0.1, -0.05) is 17.7 Å². The molecule has 1 aromatic carbocycles. The number of aryl methyl sites for hydroxylation is 1. The van der Waals surface area contributed by atoms with Crippen LogP contribution in [0, 0.1) is 0 Å². The minimum Gasteiger partial charge on any atom is -0.398 e. The molecule has 0 spiro atoms. The molecule has 2 N–H and O–H groups in total. The van der Waals surface area contributed by atoms with Crippen LogP contribution in [0.4, 0.5) is 5.69 Å². The number of hydrogen-bond donors (Lipinski definition) is 1. The molecule has 3 aromatic rings. The quantitative estimate of drug-likeness (QED) is 0.724. The second-order valence-electron chi connectivity index (χ2n) is 4.53. The van der Waals surface area contributed by atoms with Crippen molar-refractivity contribution in [1.82, 2.24) is 19.3 Å². The highest BCUT2D eigenvalue weighted by Gasteiger charge is 2.09. The van der Waals surface area contributed by atoms with Gasteiger partial charge in [0.05, 0.1) is 12.7 Å².